The molecule has 13 heavy (non-hydrogen) atoms. The predicted octanol–water partition coefficient (Wildman–Crippen LogP) is 2.16. The largest absolute Gasteiger partial charge is 2.00 e. The zero-order valence-electron chi connectivity index (χ0n) is 7.38. The Balaban J connectivity index is 0.000000206. The van der Waals surface area contributed by atoms with E-state index in [9.17, 15) is 0 Å². The van der Waals surface area contributed by atoms with Gasteiger partial charge in [-0.2, -0.15) is 0 Å². The monoisotopic (exact) mass is 272 g/mol. The first-order valence-electron chi connectivity index (χ1n) is 3.70. The van der Waals surface area contributed by atoms with Gasteiger partial charge in [-0.05, 0) is 24.3 Å². The van der Waals surface area contributed by atoms with Gasteiger partial charge in [0.2, 0.25) is 0 Å². The molecule has 0 saturated carbocycles. The second-order valence-electron chi connectivity index (χ2n) is 2.05. The van der Waals surface area contributed by atoms with Gasteiger partial charge in [0.15, 0.2) is 0 Å². The summed E-state index contributed by atoms with van der Waals surface area (Å²) in [6.07, 6.45) is 7.00. The summed E-state index contributed by atoms with van der Waals surface area (Å²) in [5.74, 6) is 0. The first-order valence-corrected chi connectivity index (χ1v) is 3.70. The summed E-state index contributed by atoms with van der Waals surface area (Å²) in [4.78, 5) is 7.57. The van der Waals surface area contributed by atoms with E-state index < -0.39 is 0 Å². The van der Waals surface area contributed by atoms with Crippen LogP contribution in [0.15, 0.2) is 61.2 Å². The van der Waals surface area contributed by atoms with Crippen molar-refractivity contribution in [2.75, 3.05) is 0 Å². The van der Waals surface area contributed by atoms with Gasteiger partial charge in [0, 0.05) is 24.8 Å². The van der Waals surface area contributed by atoms with Crippen LogP contribution in [0.25, 0.3) is 0 Å². The molecule has 0 aromatic carbocycles. The smallest absolute Gasteiger partial charge is 0.265 e. The molecule has 2 aromatic heterocycles. The molecule has 0 saturated heterocycles. The molecule has 60 valence electrons. The summed E-state index contributed by atoms with van der Waals surface area (Å²) in [5, 5.41) is 0. The van der Waals surface area contributed by atoms with Crippen molar-refractivity contribution in [2.24, 2.45) is 0 Å². The molecular formula is C10H10CdN2+2. The summed E-state index contributed by atoms with van der Waals surface area (Å²) in [6.45, 7) is 0. The molecule has 3 heteroatoms. The molecule has 0 aliphatic heterocycles. The standard InChI is InChI=1S/2C5H5N.Cd/c2*1-2-4-6-5-3-1;/h2*1-5H;/q;;+2. The van der Waals surface area contributed by atoms with E-state index in [1.807, 2.05) is 36.4 Å². The molecule has 2 heterocycles. The number of hydrogen-bond acceptors (Lipinski definition) is 2. The minimum absolute atomic E-state index is 0. The molecule has 0 amide bonds. The second kappa shape index (κ2) is 9.31. The first-order chi connectivity index (χ1) is 6.00. The molecule has 0 unspecified atom stereocenters. The molecule has 0 spiro atoms. The van der Waals surface area contributed by atoms with Crippen LogP contribution in [0.2, 0.25) is 0 Å². The van der Waals surface area contributed by atoms with Crippen molar-refractivity contribution >= 4 is 0 Å². The molecule has 0 bridgehead atoms. The number of nitrogens with zero attached hydrogens (tertiary/aromatic N) is 2. The van der Waals surface area contributed by atoms with Gasteiger partial charge in [-0.1, -0.05) is 12.1 Å². The van der Waals surface area contributed by atoms with Gasteiger partial charge in [-0.3, -0.25) is 9.97 Å². The summed E-state index contributed by atoms with van der Waals surface area (Å²) >= 11 is 0. The van der Waals surface area contributed by atoms with Gasteiger partial charge in [0.1, 0.15) is 0 Å². The van der Waals surface area contributed by atoms with Crippen molar-refractivity contribution in [3.63, 3.8) is 0 Å². The quantitative estimate of drug-likeness (QED) is 0.686. The third-order valence-electron chi connectivity index (χ3n) is 1.13. The number of pyridine rings is 2. The van der Waals surface area contributed by atoms with Crippen LogP contribution >= 0.6 is 0 Å². The zero-order chi connectivity index (χ0) is 8.49. The summed E-state index contributed by atoms with van der Waals surface area (Å²) in [7, 11) is 0. The molecular weight excluding hydrogens is 261 g/mol. The van der Waals surface area contributed by atoms with E-state index >= 15 is 0 Å². The number of aromatic nitrogens is 2. The average molecular weight is 271 g/mol. The Bertz CT molecular complexity index is 188. The second-order valence-corrected chi connectivity index (χ2v) is 2.05. The minimum Gasteiger partial charge on any atom is -0.265 e. The fourth-order valence-corrected chi connectivity index (χ4v) is 0.625. The zero-order valence-corrected chi connectivity index (χ0v) is 11.4. The molecule has 0 atom stereocenters. The van der Waals surface area contributed by atoms with E-state index in [0.717, 1.165) is 0 Å². The van der Waals surface area contributed by atoms with Gasteiger partial charge < -0.3 is 0 Å². The van der Waals surface area contributed by atoms with Gasteiger partial charge >= 0.3 is 27.3 Å². The minimum atomic E-state index is 0. The Morgan fingerprint density at radius 3 is 0.846 bits per heavy atom. The Morgan fingerprint density at radius 1 is 0.462 bits per heavy atom. The molecule has 0 N–H and O–H groups in total. The van der Waals surface area contributed by atoms with Crippen LogP contribution in [0, 0.1) is 0 Å². The van der Waals surface area contributed by atoms with Crippen molar-refractivity contribution in [3.05, 3.63) is 61.2 Å². The van der Waals surface area contributed by atoms with Gasteiger partial charge in [0.05, 0.1) is 0 Å². The fraction of sp³-hybridized carbons (Fsp3) is 0. The van der Waals surface area contributed by atoms with Crippen molar-refractivity contribution in [1.29, 1.82) is 0 Å². The van der Waals surface area contributed by atoms with Crippen LogP contribution in [-0.4, -0.2) is 9.97 Å². The maximum absolute atomic E-state index is 3.78. The fourth-order valence-electron chi connectivity index (χ4n) is 0.625. The van der Waals surface area contributed by atoms with E-state index in [1.54, 1.807) is 24.8 Å². The summed E-state index contributed by atoms with van der Waals surface area (Å²) in [6, 6.07) is 11.4. The van der Waals surface area contributed by atoms with Crippen molar-refractivity contribution in [1.82, 2.24) is 9.97 Å². The van der Waals surface area contributed by atoms with Crippen molar-refractivity contribution < 1.29 is 27.3 Å². The Kier molecular flexibility index (Phi) is 8.75. The predicted molar refractivity (Wildman–Crippen MR) is 48.5 cm³/mol. The number of hydrogen-bond donors (Lipinski definition) is 0. The van der Waals surface area contributed by atoms with Gasteiger partial charge in [-0.25, -0.2) is 0 Å². The molecule has 0 aliphatic carbocycles. The van der Waals surface area contributed by atoms with Crippen molar-refractivity contribution in [2.45, 2.75) is 0 Å². The molecule has 2 nitrogen and oxygen atoms in total. The Labute approximate surface area is 98.2 Å². The van der Waals surface area contributed by atoms with Crippen LogP contribution in [-0.2, 0) is 27.3 Å². The third kappa shape index (κ3) is 7.58. The summed E-state index contributed by atoms with van der Waals surface area (Å²) < 4.78 is 0. The molecule has 2 aromatic rings. The maximum Gasteiger partial charge on any atom is 2.00 e. The average Bonchev–Trinajstić information content (AvgIpc) is 2.24. The molecule has 2 rings (SSSR count). The van der Waals surface area contributed by atoms with Crippen LogP contribution in [0.1, 0.15) is 0 Å². The van der Waals surface area contributed by atoms with Gasteiger partial charge in [-0.15, -0.1) is 0 Å². The van der Waals surface area contributed by atoms with Crippen molar-refractivity contribution in [3.8, 4) is 0 Å². The topological polar surface area (TPSA) is 25.8 Å². The van der Waals surface area contributed by atoms with Crippen LogP contribution in [0.5, 0.6) is 0 Å². The van der Waals surface area contributed by atoms with Crippen LogP contribution < -0.4 is 0 Å². The summed E-state index contributed by atoms with van der Waals surface area (Å²) in [5.41, 5.74) is 0. The Morgan fingerprint density at radius 2 is 0.769 bits per heavy atom. The van der Waals surface area contributed by atoms with E-state index in [-0.39, 0.29) is 27.3 Å². The molecule has 0 radical (unpaired) electrons. The normalized spacial score (nSPS) is 7.38. The van der Waals surface area contributed by atoms with Crippen LogP contribution in [0.4, 0.5) is 0 Å². The molecule has 0 aliphatic rings. The van der Waals surface area contributed by atoms with E-state index in [0.29, 0.717) is 0 Å². The Hall–Kier alpha value is -0.778. The first kappa shape index (κ1) is 12.2. The molecule has 0 fully saturated rings. The van der Waals surface area contributed by atoms with Crippen LogP contribution in [0.3, 0.4) is 0 Å². The number of rotatable bonds is 0. The van der Waals surface area contributed by atoms with E-state index in [4.69, 9.17) is 0 Å². The SMILES string of the molecule is [Cd+2].c1ccncc1.c1ccncc1. The third-order valence-corrected chi connectivity index (χ3v) is 1.13. The van der Waals surface area contributed by atoms with Gasteiger partial charge in [0.25, 0.3) is 0 Å². The van der Waals surface area contributed by atoms with E-state index in [2.05, 4.69) is 9.97 Å². The van der Waals surface area contributed by atoms with E-state index in [1.165, 1.54) is 0 Å². The maximum atomic E-state index is 3.78.